The monoisotopic (exact) mass is 282 g/mol. The summed E-state index contributed by atoms with van der Waals surface area (Å²) in [6.45, 7) is 5.77. The van der Waals surface area contributed by atoms with E-state index in [0.717, 1.165) is 17.9 Å². The summed E-state index contributed by atoms with van der Waals surface area (Å²) in [6, 6.07) is 8.18. The molecule has 5 heteroatoms. The average Bonchev–Trinajstić information content (AvgIpc) is 2.47. The van der Waals surface area contributed by atoms with Crippen LogP contribution in [0.2, 0.25) is 0 Å². The zero-order valence-corrected chi connectivity index (χ0v) is 12.8. The molecule has 1 atom stereocenters. The molecule has 1 aromatic rings. The Hall–Kier alpha value is -1.30. The van der Waals surface area contributed by atoms with Crippen molar-refractivity contribution in [3.8, 4) is 0 Å². The highest BCUT2D eigenvalue weighted by Gasteiger charge is 2.15. The van der Waals surface area contributed by atoms with E-state index in [4.69, 9.17) is 14.6 Å². The molecule has 5 nitrogen and oxygen atoms in total. The van der Waals surface area contributed by atoms with Crippen LogP contribution in [0.25, 0.3) is 0 Å². The molecule has 0 fully saturated rings. The maximum absolute atomic E-state index is 9.04. The number of aliphatic hydroxyl groups is 1. The number of ether oxygens (including phenoxy) is 2. The molecular weight excluding hydrogens is 256 g/mol. The summed E-state index contributed by atoms with van der Waals surface area (Å²) in [4.78, 5) is 2.13. The van der Waals surface area contributed by atoms with E-state index in [2.05, 4.69) is 17.1 Å². The standard InChI is InChI=1S/C15H26N2O3/c1-5-17(10-11-18)14-8-6-13(7-9-14)16-12(2)15(19-3)20-4/h6-9,12,15-16,18H,5,10-11H2,1-4H3. The Kier molecular flexibility index (Phi) is 7.36. The molecule has 1 rings (SSSR count). The van der Waals surface area contributed by atoms with E-state index in [1.165, 1.54) is 0 Å². The number of nitrogens with zero attached hydrogens (tertiary/aromatic N) is 1. The Morgan fingerprint density at radius 3 is 2.25 bits per heavy atom. The molecule has 0 saturated carbocycles. The van der Waals surface area contributed by atoms with Gasteiger partial charge in [0.1, 0.15) is 0 Å². The van der Waals surface area contributed by atoms with Crippen LogP contribution in [-0.2, 0) is 9.47 Å². The van der Waals surface area contributed by atoms with Gasteiger partial charge in [-0.05, 0) is 38.1 Å². The summed E-state index contributed by atoms with van der Waals surface area (Å²) < 4.78 is 10.4. The predicted octanol–water partition coefficient (Wildman–Crippen LogP) is 1.92. The van der Waals surface area contributed by atoms with Crippen molar-refractivity contribution in [2.75, 3.05) is 44.1 Å². The van der Waals surface area contributed by atoms with Crippen LogP contribution in [0.5, 0.6) is 0 Å². The number of rotatable bonds is 9. The smallest absolute Gasteiger partial charge is 0.176 e. The third kappa shape index (κ3) is 4.67. The highest BCUT2D eigenvalue weighted by Crippen LogP contribution is 2.19. The van der Waals surface area contributed by atoms with Gasteiger partial charge in [-0.15, -0.1) is 0 Å². The second-order valence-electron chi connectivity index (χ2n) is 4.62. The minimum Gasteiger partial charge on any atom is -0.395 e. The first-order chi connectivity index (χ1) is 9.65. The van der Waals surface area contributed by atoms with Crippen LogP contribution in [0, 0.1) is 0 Å². The average molecular weight is 282 g/mol. The molecule has 2 N–H and O–H groups in total. The summed E-state index contributed by atoms with van der Waals surface area (Å²) in [5.74, 6) is 0. The molecule has 0 bridgehead atoms. The van der Waals surface area contributed by atoms with Gasteiger partial charge in [0.05, 0.1) is 12.6 Å². The molecular formula is C15H26N2O3. The molecule has 1 unspecified atom stereocenters. The maximum Gasteiger partial charge on any atom is 0.176 e. The third-order valence-electron chi connectivity index (χ3n) is 3.25. The Morgan fingerprint density at radius 2 is 1.80 bits per heavy atom. The summed E-state index contributed by atoms with van der Waals surface area (Å²) in [6.07, 6.45) is -0.281. The van der Waals surface area contributed by atoms with Crippen molar-refractivity contribution in [1.29, 1.82) is 0 Å². The van der Waals surface area contributed by atoms with Crippen LogP contribution >= 0.6 is 0 Å². The molecule has 114 valence electrons. The van der Waals surface area contributed by atoms with Crippen molar-refractivity contribution in [3.63, 3.8) is 0 Å². The normalized spacial score (nSPS) is 12.5. The Balaban J connectivity index is 2.66. The van der Waals surface area contributed by atoms with Gasteiger partial charge in [0, 0.05) is 38.7 Å². The summed E-state index contributed by atoms with van der Waals surface area (Å²) in [5.41, 5.74) is 2.12. The number of methoxy groups -OCH3 is 2. The van der Waals surface area contributed by atoms with Gasteiger partial charge in [0.15, 0.2) is 6.29 Å². The summed E-state index contributed by atoms with van der Waals surface area (Å²) in [5, 5.41) is 12.4. The van der Waals surface area contributed by atoms with Gasteiger partial charge in [0.25, 0.3) is 0 Å². The SMILES string of the molecule is CCN(CCO)c1ccc(NC(C)C(OC)OC)cc1. The van der Waals surface area contributed by atoms with Crippen molar-refractivity contribution in [3.05, 3.63) is 24.3 Å². The van der Waals surface area contributed by atoms with E-state index in [0.29, 0.717) is 6.54 Å². The van der Waals surface area contributed by atoms with E-state index in [1.807, 2.05) is 31.2 Å². The maximum atomic E-state index is 9.04. The van der Waals surface area contributed by atoms with Crippen LogP contribution in [0.3, 0.4) is 0 Å². The molecule has 0 aliphatic heterocycles. The van der Waals surface area contributed by atoms with Gasteiger partial charge in [-0.3, -0.25) is 0 Å². The number of benzene rings is 1. The summed E-state index contributed by atoms with van der Waals surface area (Å²) in [7, 11) is 3.26. The number of anilines is 2. The molecule has 0 saturated heterocycles. The van der Waals surface area contributed by atoms with Gasteiger partial charge in [0.2, 0.25) is 0 Å². The van der Waals surface area contributed by atoms with Crippen LogP contribution in [0.4, 0.5) is 11.4 Å². The molecule has 20 heavy (non-hydrogen) atoms. The van der Waals surface area contributed by atoms with Crippen LogP contribution in [0.15, 0.2) is 24.3 Å². The van der Waals surface area contributed by atoms with Crippen LogP contribution in [-0.4, -0.2) is 51.4 Å². The first-order valence-corrected chi connectivity index (χ1v) is 6.94. The van der Waals surface area contributed by atoms with Gasteiger partial charge in [-0.25, -0.2) is 0 Å². The lowest BCUT2D eigenvalue weighted by molar-refractivity contribution is -0.109. The minimum atomic E-state index is -0.281. The third-order valence-corrected chi connectivity index (χ3v) is 3.25. The Labute approximate surface area is 121 Å². The lowest BCUT2D eigenvalue weighted by atomic mass is 10.2. The zero-order chi connectivity index (χ0) is 15.0. The zero-order valence-electron chi connectivity index (χ0n) is 12.8. The number of aliphatic hydroxyl groups excluding tert-OH is 1. The van der Waals surface area contributed by atoms with Crippen molar-refractivity contribution in [1.82, 2.24) is 0 Å². The second kappa shape index (κ2) is 8.79. The Bertz CT molecular complexity index is 366. The predicted molar refractivity (Wildman–Crippen MR) is 82.3 cm³/mol. The number of likely N-dealkylation sites (N-methyl/N-ethyl adjacent to an activating group) is 1. The highest BCUT2D eigenvalue weighted by atomic mass is 16.7. The number of hydrogen-bond donors (Lipinski definition) is 2. The van der Waals surface area contributed by atoms with E-state index in [9.17, 15) is 0 Å². The fourth-order valence-corrected chi connectivity index (χ4v) is 2.19. The topological polar surface area (TPSA) is 54.0 Å². The molecule has 0 radical (unpaired) electrons. The molecule has 0 aliphatic rings. The van der Waals surface area contributed by atoms with Crippen LogP contribution in [0.1, 0.15) is 13.8 Å². The Morgan fingerprint density at radius 1 is 1.20 bits per heavy atom. The van der Waals surface area contributed by atoms with Crippen molar-refractivity contribution < 1.29 is 14.6 Å². The van der Waals surface area contributed by atoms with Crippen molar-refractivity contribution in [2.45, 2.75) is 26.2 Å². The second-order valence-corrected chi connectivity index (χ2v) is 4.62. The van der Waals surface area contributed by atoms with Gasteiger partial charge >= 0.3 is 0 Å². The van der Waals surface area contributed by atoms with Crippen molar-refractivity contribution >= 4 is 11.4 Å². The fourth-order valence-electron chi connectivity index (χ4n) is 2.19. The van der Waals surface area contributed by atoms with Gasteiger partial charge < -0.3 is 24.8 Å². The van der Waals surface area contributed by atoms with Gasteiger partial charge in [-0.2, -0.15) is 0 Å². The molecule has 0 spiro atoms. The summed E-state index contributed by atoms with van der Waals surface area (Å²) >= 11 is 0. The lowest BCUT2D eigenvalue weighted by Gasteiger charge is -2.24. The lowest BCUT2D eigenvalue weighted by Crippen LogP contribution is -2.33. The van der Waals surface area contributed by atoms with E-state index in [1.54, 1.807) is 14.2 Å². The molecule has 1 aromatic carbocycles. The number of nitrogens with one attached hydrogen (secondary N) is 1. The molecule has 0 heterocycles. The first-order valence-electron chi connectivity index (χ1n) is 6.94. The van der Waals surface area contributed by atoms with Gasteiger partial charge in [-0.1, -0.05) is 0 Å². The molecule has 0 aliphatic carbocycles. The molecule has 0 aromatic heterocycles. The first kappa shape index (κ1) is 16.8. The highest BCUT2D eigenvalue weighted by molar-refractivity contribution is 5.55. The van der Waals surface area contributed by atoms with Crippen LogP contribution < -0.4 is 10.2 Å². The number of hydrogen-bond acceptors (Lipinski definition) is 5. The fraction of sp³-hybridized carbons (Fsp3) is 0.600. The van der Waals surface area contributed by atoms with Crippen molar-refractivity contribution in [2.24, 2.45) is 0 Å². The van der Waals surface area contributed by atoms with E-state index >= 15 is 0 Å². The quantitative estimate of drug-likeness (QED) is 0.678. The largest absolute Gasteiger partial charge is 0.395 e. The van der Waals surface area contributed by atoms with E-state index in [-0.39, 0.29) is 18.9 Å². The minimum absolute atomic E-state index is 0.0515. The molecule has 0 amide bonds. The van der Waals surface area contributed by atoms with E-state index < -0.39 is 0 Å².